The van der Waals surface area contributed by atoms with Crippen molar-refractivity contribution >= 4 is 38.9 Å². The third kappa shape index (κ3) is 3.65. The van der Waals surface area contributed by atoms with Crippen LogP contribution in [-0.4, -0.2) is 14.5 Å². The van der Waals surface area contributed by atoms with E-state index in [1.807, 2.05) is 0 Å². The molecule has 1 saturated carbocycles. The van der Waals surface area contributed by atoms with Gasteiger partial charge in [0.15, 0.2) is 0 Å². The molecule has 0 radical (unpaired) electrons. The highest BCUT2D eigenvalue weighted by Crippen LogP contribution is 2.34. The Labute approximate surface area is 136 Å². The summed E-state index contributed by atoms with van der Waals surface area (Å²) in [6.07, 6.45) is 2.69. The van der Waals surface area contributed by atoms with Gasteiger partial charge in [0.25, 0.3) is 0 Å². The number of benzene rings is 1. The van der Waals surface area contributed by atoms with E-state index in [-0.39, 0.29) is 26.7 Å². The Balaban J connectivity index is 2.22. The van der Waals surface area contributed by atoms with Crippen molar-refractivity contribution in [1.29, 1.82) is 0 Å². The summed E-state index contributed by atoms with van der Waals surface area (Å²) >= 11 is 11.9. The highest BCUT2D eigenvalue weighted by atomic mass is 35.5. The third-order valence-corrected chi connectivity index (χ3v) is 6.71. The molecule has 21 heavy (non-hydrogen) atoms. The first-order chi connectivity index (χ1) is 9.72. The van der Waals surface area contributed by atoms with E-state index >= 15 is 0 Å². The molecule has 0 saturated heterocycles. The standard InChI is InChI=1S/C14H20Cl2N2O2S/c1-8-3-4-10(7-9(8)2)18-21(19,20)12-6-5-11(15)14(17)13(12)16/h5-6,8-10,18H,3-4,7,17H2,1-2H3. The minimum Gasteiger partial charge on any atom is -0.396 e. The molecule has 0 aliphatic heterocycles. The van der Waals surface area contributed by atoms with Gasteiger partial charge in [-0.05, 0) is 43.2 Å². The fourth-order valence-corrected chi connectivity index (χ4v) is 4.74. The molecule has 1 aliphatic carbocycles. The van der Waals surface area contributed by atoms with Crippen molar-refractivity contribution in [2.75, 3.05) is 5.73 Å². The molecule has 0 amide bonds. The average molecular weight is 351 g/mol. The quantitative estimate of drug-likeness (QED) is 0.816. The van der Waals surface area contributed by atoms with E-state index in [2.05, 4.69) is 18.6 Å². The highest BCUT2D eigenvalue weighted by molar-refractivity contribution is 7.89. The van der Waals surface area contributed by atoms with Gasteiger partial charge in [-0.3, -0.25) is 0 Å². The number of rotatable bonds is 3. The van der Waals surface area contributed by atoms with Gasteiger partial charge < -0.3 is 5.73 Å². The Morgan fingerprint density at radius 3 is 2.48 bits per heavy atom. The molecule has 4 nitrogen and oxygen atoms in total. The summed E-state index contributed by atoms with van der Waals surface area (Å²) in [6, 6.07) is 2.77. The van der Waals surface area contributed by atoms with Gasteiger partial charge in [0.05, 0.1) is 15.7 Å². The Bertz CT molecular complexity index is 634. The molecule has 3 N–H and O–H groups in total. The number of nitrogens with one attached hydrogen (secondary N) is 1. The molecule has 7 heteroatoms. The van der Waals surface area contributed by atoms with Crippen molar-refractivity contribution < 1.29 is 8.42 Å². The summed E-state index contributed by atoms with van der Waals surface area (Å²) in [5, 5.41) is 0.228. The lowest BCUT2D eigenvalue weighted by atomic mass is 9.79. The molecule has 1 aliphatic rings. The molecular weight excluding hydrogens is 331 g/mol. The zero-order chi connectivity index (χ0) is 15.8. The summed E-state index contributed by atoms with van der Waals surface area (Å²) < 4.78 is 27.7. The van der Waals surface area contributed by atoms with Crippen molar-refractivity contribution in [3.8, 4) is 0 Å². The SMILES string of the molecule is CC1CCC(NS(=O)(=O)c2ccc(Cl)c(N)c2Cl)CC1C. The summed E-state index contributed by atoms with van der Waals surface area (Å²) in [5.41, 5.74) is 5.79. The first-order valence-electron chi connectivity index (χ1n) is 6.98. The van der Waals surface area contributed by atoms with Crippen LogP contribution in [-0.2, 0) is 10.0 Å². The number of nitrogens with two attached hydrogens (primary N) is 1. The number of anilines is 1. The molecule has 118 valence electrons. The normalized spacial score (nSPS) is 26.8. The molecule has 1 fully saturated rings. The third-order valence-electron chi connectivity index (χ3n) is 4.30. The zero-order valence-corrected chi connectivity index (χ0v) is 14.4. The molecular formula is C14H20Cl2N2O2S. The second kappa shape index (κ2) is 6.32. The van der Waals surface area contributed by atoms with E-state index in [1.54, 1.807) is 0 Å². The van der Waals surface area contributed by atoms with Crippen LogP contribution in [0.5, 0.6) is 0 Å². The van der Waals surface area contributed by atoms with Crippen LogP contribution in [0.3, 0.4) is 0 Å². The summed E-state index contributed by atoms with van der Waals surface area (Å²) in [5.74, 6) is 1.12. The van der Waals surface area contributed by atoms with Crippen LogP contribution in [0.4, 0.5) is 5.69 Å². The Morgan fingerprint density at radius 1 is 1.19 bits per heavy atom. The fraction of sp³-hybridized carbons (Fsp3) is 0.571. The average Bonchev–Trinajstić information content (AvgIpc) is 2.39. The van der Waals surface area contributed by atoms with Gasteiger partial charge in [0.1, 0.15) is 4.90 Å². The van der Waals surface area contributed by atoms with Gasteiger partial charge in [0, 0.05) is 6.04 Å². The van der Waals surface area contributed by atoms with Crippen LogP contribution in [0.1, 0.15) is 33.1 Å². The molecule has 0 heterocycles. The largest absolute Gasteiger partial charge is 0.396 e. The Morgan fingerprint density at radius 2 is 1.86 bits per heavy atom. The molecule has 3 unspecified atom stereocenters. The van der Waals surface area contributed by atoms with Crippen LogP contribution in [0.2, 0.25) is 10.0 Å². The minimum absolute atomic E-state index is 0.0164. The smallest absolute Gasteiger partial charge is 0.242 e. The van der Waals surface area contributed by atoms with E-state index in [0.29, 0.717) is 11.8 Å². The highest BCUT2D eigenvalue weighted by Gasteiger charge is 2.29. The van der Waals surface area contributed by atoms with Crippen molar-refractivity contribution in [3.05, 3.63) is 22.2 Å². The van der Waals surface area contributed by atoms with Gasteiger partial charge in [-0.25, -0.2) is 13.1 Å². The zero-order valence-electron chi connectivity index (χ0n) is 12.1. The molecule has 3 atom stereocenters. The summed E-state index contributed by atoms with van der Waals surface area (Å²) in [6.45, 7) is 4.35. The van der Waals surface area contributed by atoms with E-state index < -0.39 is 10.0 Å². The van der Waals surface area contributed by atoms with Crippen molar-refractivity contribution in [1.82, 2.24) is 4.72 Å². The first-order valence-corrected chi connectivity index (χ1v) is 9.22. The van der Waals surface area contributed by atoms with Crippen LogP contribution in [0.25, 0.3) is 0 Å². The second-order valence-electron chi connectivity index (χ2n) is 5.86. The molecule has 0 aromatic heterocycles. The lowest BCUT2D eigenvalue weighted by Crippen LogP contribution is -2.39. The predicted octanol–water partition coefficient (Wildman–Crippen LogP) is 3.68. The topological polar surface area (TPSA) is 72.2 Å². The number of nitrogen functional groups attached to an aromatic ring is 1. The van der Waals surface area contributed by atoms with Gasteiger partial charge in [0.2, 0.25) is 10.0 Å². The maximum Gasteiger partial charge on any atom is 0.242 e. The number of sulfonamides is 1. The fourth-order valence-electron chi connectivity index (χ4n) is 2.69. The molecule has 1 aromatic rings. The molecule has 1 aromatic carbocycles. The van der Waals surface area contributed by atoms with Crippen LogP contribution in [0, 0.1) is 11.8 Å². The number of hydrogen-bond acceptors (Lipinski definition) is 3. The van der Waals surface area contributed by atoms with Crippen LogP contribution >= 0.6 is 23.2 Å². The van der Waals surface area contributed by atoms with E-state index in [0.717, 1.165) is 19.3 Å². The van der Waals surface area contributed by atoms with Gasteiger partial charge >= 0.3 is 0 Å². The number of hydrogen-bond donors (Lipinski definition) is 2. The summed E-state index contributed by atoms with van der Waals surface area (Å²) in [7, 11) is -3.69. The van der Waals surface area contributed by atoms with E-state index in [9.17, 15) is 8.42 Å². The monoisotopic (exact) mass is 350 g/mol. The minimum atomic E-state index is -3.69. The van der Waals surface area contributed by atoms with Crippen molar-refractivity contribution in [2.24, 2.45) is 11.8 Å². The van der Waals surface area contributed by atoms with Crippen LogP contribution in [0.15, 0.2) is 17.0 Å². The Hall–Kier alpha value is -0.490. The van der Waals surface area contributed by atoms with Crippen molar-refractivity contribution in [3.63, 3.8) is 0 Å². The molecule has 2 rings (SSSR count). The lowest BCUT2D eigenvalue weighted by molar-refractivity contribution is 0.242. The Kier molecular flexibility index (Phi) is 5.08. The van der Waals surface area contributed by atoms with E-state index in [4.69, 9.17) is 28.9 Å². The lowest BCUT2D eigenvalue weighted by Gasteiger charge is -2.32. The van der Waals surface area contributed by atoms with Gasteiger partial charge in [-0.2, -0.15) is 0 Å². The molecule has 0 spiro atoms. The van der Waals surface area contributed by atoms with Crippen molar-refractivity contribution in [2.45, 2.75) is 44.0 Å². The summed E-state index contributed by atoms with van der Waals surface area (Å²) in [4.78, 5) is -0.0164. The predicted molar refractivity (Wildman–Crippen MR) is 87.2 cm³/mol. The maximum absolute atomic E-state index is 12.5. The van der Waals surface area contributed by atoms with E-state index in [1.165, 1.54) is 12.1 Å². The van der Waals surface area contributed by atoms with Gasteiger partial charge in [-0.15, -0.1) is 0 Å². The first kappa shape index (κ1) is 16.9. The molecule has 0 bridgehead atoms. The number of halogens is 2. The maximum atomic E-state index is 12.5. The van der Waals surface area contributed by atoms with Crippen LogP contribution < -0.4 is 10.5 Å². The van der Waals surface area contributed by atoms with Gasteiger partial charge in [-0.1, -0.05) is 37.0 Å². The second-order valence-corrected chi connectivity index (χ2v) is 8.33.